The van der Waals surface area contributed by atoms with E-state index < -0.39 is 6.10 Å². The molecule has 2 aromatic carbocycles. The van der Waals surface area contributed by atoms with Gasteiger partial charge >= 0.3 is 0 Å². The molecule has 4 rings (SSSR count). The first-order valence-electron chi connectivity index (χ1n) is 8.17. The minimum atomic E-state index is -0.756. The summed E-state index contributed by atoms with van der Waals surface area (Å²) < 4.78 is 29.1. The van der Waals surface area contributed by atoms with Crippen LogP contribution in [0.2, 0.25) is 0 Å². The van der Waals surface area contributed by atoms with Crippen LogP contribution in [0.25, 0.3) is 11.3 Å². The van der Waals surface area contributed by atoms with E-state index in [2.05, 4.69) is 10.3 Å². The van der Waals surface area contributed by atoms with Gasteiger partial charge in [0.25, 0.3) is 5.91 Å². The summed E-state index contributed by atoms with van der Waals surface area (Å²) in [4.78, 5) is 16.7. The Balaban J connectivity index is 1.41. The van der Waals surface area contributed by atoms with Gasteiger partial charge in [0, 0.05) is 10.9 Å². The first kappa shape index (κ1) is 17.3. The van der Waals surface area contributed by atoms with E-state index in [-0.39, 0.29) is 18.5 Å². The summed E-state index contributed by atoms with van der Waals surface area (Å²) in [5.41, 5.74) is 1.59. The zero-order chi connectivity index (χ0) is 18.8. The highest BCUT2D eigenvalue weighted by Crippen LogP contribution is 2.36. The van der Waals surface area contributed by atoms with E-state index in [9.17, 15) is 9.18 Å². The maximum absolute atomic E-state index is 12.9. The Hall–Kier alpha value is -3.13. The number of ether oxygens (including phenoxy) is 3. The van der Waals surface area contributed by atoms with Crippen molar-refractivity contribution < 1.29 is 23.4 Å². The molecule has 0 fully saturated rings. The Morgan fingerprint density at radius 2 is 2.00 bits per heavy atom. The molecule has 1 aromatic heterocycles. The average Bonchev–Trinajstić information content (AvgIpc) is 3.32. The molecule has 1 atom stereocenters. The molecule has 1 unspecified atom stereocenters. The normalized spacial score (nSPS) is 13.3. The highest BCUT2D eigenvalue weighted by Gasteiger charge is 2.18. The molecule has 0 radical (unpaired) electrons. The van der Waals surface area contributed by atoms with Gasteiger partial charge in [0.2, 0.25) is 6.79 Å². The van der Waals surface area contributed by atoms with Gasteiger partial charge in [0.1, 0.15) is 11.6 Å². The lowest BCUT2D eigenvalue weighted by molar-refractivity contribution is -0.122. The Bertz CT molecular complexity index is 974. The number of rotatable bonds is 5. The zero-order valence-corrected chi connectivity index (χ0v) is 15.1. The van der Waals surface area contributed by atoms with E-state index in [1.165, 1.54) is 35.6 Å². The van der Waals surface area contributed by atoms with Crippen LogP contribution in [0.1, 0.15) is 6.92 Å². The summed E-state index contributed by atoms with van der Waals surface area (Å²) in [6.45, 7) is 1.83. The van der Waals surface area contributed by atoms with Crippen molar-refractivity contribution in [2.45, 2.75) is 13.0 Å². The van der Waals surface area contributed by atoms with Gasteiger partial charge in [-0.25, -0.2) is 9.37 Å². The largest absolute Gasteiger partial charge is 0.481 e. The van der Waals surface area contributed by atoms with Crippen molar-refractivity contribution in [3.05, 3.63) is 53.7 Å². The number of hydrogen-bond acceptors (Lipinski definition) is 6. The number of benzene rings is 2. The van der Waals surface area contributed by atoms with Crippen LogP contribution >= 0.6 is 11.3 Å². The van der Waals surface area contributed by atoms with Crippen molar-refractivity contribution in [2.75, 3.05) is 12.1 Å². The van der Waals surface area contributed by atoms with Crippen molar-refractivity contribution in [3.8, 4) is 28.5 Å². The van der Waals surface area contributed by atoms with Crippen molar-refractivity contribution in [1.29, 1.82) is 0 Å². The number of thiazole rings is 1. The van der Waals surface area contributed by atoms with E-state index in [1.807, 2.05) is 23.6 Å². The number of anilines is 1. The van der Waals surface area contributed by atoms with Gasteiger partial charge < -0.3 is 14.2 Å². The summed E-state index contributed by atoms with van der Waals surface area (Å²) >= 11 is 1.31. The maximum atomic E-state index is 12.9. The summed E-state index contributed by atoms with van der Waals surface area (Å²) in [6.07, 6.45) is -0.756. The zero-order valence-electron chi connectivity index (χ0n) is 14.3. The third-order valence-corrected chi connectivity index (χ3v) is 4.66. The first-order valence-corrected chi connectivity index (χ1v) is 9.05. The van der Waals surface area contributed by atoms with Crippen molar-refractivity contribution >= 4 is 22.4 Å². The molecule has 0 bridgehead atoms. The number of halogens is 1. The molecule has 1 amide bonds. The van der Waals surface area contributed by atoms with Crippen LogP contribution in [0.4, 0.5) is 9.52 Å². The lowest BCUT2D eigenvalue weighted by Gasteiger charge is -2.13. The van der Waals surface area contributed by atoms with Crippen molar-refractivity contribution in [2.24, 2.45) is 0 Å². The lowest BCUT2D eigenvalue weighted by Crippen LogP contribution is -2.30. The Morgan fingerprint density at radius 1 is 1.22 bits per heavy atom. The molecule has 8 heteroatoms. The Morgan fingerprint density at radius 3 is 2.81 bits per heavy atom. The third-order valence-electron chi connectivity index (χ3n) is 3.90. The first-order chi connectivity index (χ1) is 13.1. The van der Waals surface area contributed by atoms with Crippen LogP contribution < -0.4 is 19.5 Å². The van der Waals surface area contributed by atoms with Crippen LogP contribution in [0.3, 0.4) is 0 Å². The molecule has 138 valence electrons. The summed E-state index contributed by atoms with van der Waals surface area (Å²) in [5.74, 6) is 1.09. The molecule has 1 N–H and O–H groups in total. The van der Waals surface area contributed by atoms with E-state index >= 15 is 0 Å². The molecule has 1 aliphatic heterocycles. The molecular formula is C19H15FN2O4S. The number of amides is 1. The fourth-order valence-corrected chi connectivity index (χ4v) is 3.22. The topological polar surface area (TPSA) is 69.7 Å². The molecule has 0 aliphatic carbocycles. The number of hydrogen-bond donors (Lipinski definition) is 1. The van der Waals surface area contributed by atoms with Crippen LogP contribution in [0.5, 0.6) is 17.2 Å². The van der Waals surface area contributed by atoms with Gasteiger partial charge in [-0.1, -0.05) is 0 Å². The lowest BCUT2D eigenvalue weighted by atomic mass is 10.1. The van der Waals surface area contributed by atoms with E-state index in [0.717, 1.165) is 11.3 Å². The number of carbonyl (C=O) groups excluding carboxylic acids is 1. The summed E-state index contributed by atoms with van der Waals surface area (Å²) in [6, 6.07) is 11.1. The molecule has 6 nitrogen and oxygen atoms in total. The highest BCUT2D eigenvalue weighted by molar-refractivity contribution is 7.14. The van der Waals surface area contributed by atoms with Crippen LogP contribution in [-0.2, 0) is 4.79 Å². The van der Waals surface area contributed by atoms with Gasteiger partial charge in [-0.05, 0) is 49.4 Å². The van der Waals surface area contributed by atoms with Crippen molar-refractivity contribution in [3.63, 3.8) is 0 Å². The SMILES string of the molecule is CC(Oc1ccc(F)cc1)C(=O)Nc1nc(-c2ccc3c(c2)OCO3)cs1. The molecule has 27 heavy (non-hydrogen) atoms. The third kappa shape index (κ3) is 3.85. The quantitative estimate of drug-likeness (QED) is 0.715. The van der Waals surface area contributed by atoms with Gasteiger partial charge in [-0.2, -0.15) is 0 Å². The molecular weight excluding hydrogens is 371 g/mol. The second-order valence-corrected chi connectivity index (χ2v) is 6.67. The van der Waals surface area contributed by atoms with Crippen LogP contribution in [-0.4, -0.2) is 23.8 Å². The maximum Gasteiger partial charge on any atom is 0.266 e. The van der Waals surface area contributed by atoms with E-state index in [0.29, 0.717) is 22.4 Å². The van der Waals surface area contributed by atoms with Crippen LogP contribution in [0.15, 0.2) is 47.8 Å². The van der Waals surface area contributed by atoms with Gasteiger partial charge in [0.05, 0.1) is 5.69 Å². The van der Waals surface area contributed by atoms with E-state index in [1.54, 1.807) is 6.92 Å². The average molecular weight is 386 g/mol. The Kier molecular flexibility index (Phi) is 4.64. The van der Waals surface area contributed by atoms with E-state index in [4.69, 9.17) is 14.2 Å². The fourth-order valence-electron chi connectivity index (χ4n) is 2.50. The van der Waals surface area contributed by atoms with Gasteiger partial charge in [0.15, 0.2) is 22.7 Å². The van der Waals surface area contributed by atoms with Gasteiger partial charge in [-0.3, -0.25) is 10.1 Å². The molecule has 2 heterocycles. The molecule has 0 saturated heterocycles. The molecule has 3 aromatic rings. The Labute approximate surface area is 158 Å². The minimum absolute atomic E-state index is 0.211. The van der Waals surface area contributed by atoms with Crippen molar-refractivity contribution in [1.82, 2.24) is 4.98 Å². The molecule has 0 spiro atoms. The number of nitrogens with zero attached hydrogens (tertiary/aromatic N) is 1. The number of fused-ring (bicyclic) bond motifs is 1. The second-order valence-electron chi connectivity index (χ2n) is 5.81. The standard InChI is InChI=1S/C19H15FN2O4S/c1-11(26-14-5-3-13(20)4-6-14)18(23)22-19-21-15(9-27-19)12-2-7-16-17(8-12)25-10-24-16/h2-9,11H,10H2,1H3,(H,21,22,23). The number of carbonyl (C=O) groups is 1. The van der Waals surface area contributed by atoms with Crippen LogP contribution in [0, 0.1) is 5.82 Å². The predicted molar refractivity (Wildman–Crippen MR) is 98.8 cm³/mol. The predicted octanol–water partition coefficient (Wildman–Crippen LogP) is 4.08. The smallest absolute Gasteiger partial charge is 0.266 e. The fraction of sp³-hybridized carbons (Fsp3) is 0.158. The monoisotopic (exact) mass is 386 g/mol. The molecule has 0 saturated carbocycles. The highest BCUT2D eigenvalue weighted by atomic mass is 32.1. The summed E-state index contributed by atoms with van der Waals surface area (Å²) in [5, 5.41) is 5.04. The number of nitrogens with one attached hydrogen (secondary N) is 1. The van der Waals surface area contributed by atoms with Gasteiger partial charge in [-0.15, -0.1) is 11.3 Å². The summed E-state index contributed by atoms with van der Waals surface area (Å²) in [7, 11) is 0. The second kappa shape index (κ2) is 7.24. The number of aromatic nitrogens is 1. The minimum Gasteiger partial charge on any atom is -0.481 e. The molecule has 1 aliphatic rings.